The molecule has 0 radical (unpaired) electrons. The van der Waals surface area contributed by atoms with Crippen LogP contribution in [-0.2, 0) is 11.2 Å². The van der Waals surface area contributed by atoms with Gasteiger partial charge in [0.15, 0.2) is 0 Å². The molecule has 0 N–H and O–H groups in total. The van der Waals surface area contributed by atoms with E-state index in [9.17, 15) is 4.79 Å². The van der Waals surface area contributed by atoms with Crippen LogP contribution in [0, 0.1) is 11.8 Å². The molecule has 16 heavy (non-hydrogen) atoms. The zero-order chi connectivity index (χ0) is 12.3. The van der Waals surface area contributed by atoms with Crippen LogP contribution in [0.5, 0.6) is 0 Å². The van der Waals surface area contributed by atoms with Crippen molar-refractivity contribution in [2.45, 2.75) is 27.2 Å². The van der Waals surface area contributed by atoms with Crippen LogP contribution in [-0.4, -0.2) is 5.78 Å². The van der Waals surface area contributed by atoms with E-state index in [1.807, 2.05) is 12.1 Å². The monoisotopic (exact) mass is 258 g/mol. The molecule has 1 nitrogen and oxygen atoms in total. The Balaban J connectivity index is 2.86. The highest BCUT2D eigenvalue weighted by atomic mass is 35.5. The van der Waals surface area contributed by atoms with E-state index in [0.717, 1.165) is 12.0 Å². The quantitative estimate of drug-likeness (QED) is 0.783. The Bertz CT molecular complexity index is 386. The summed E-state index contributed by atoms with van der Waals surface area (Å²) >= 11 is 11.8. The van der Waals surface area contributed by atoms with E-state index in [2.05, 4.69) is 13.8 Å². The zero-order valence-electron chi connectivity index (χ0n) is 9.76. The second kappa shape index (κ2) is 5.70. The normalized spacial score (nSPS) is 12.9. The molecule has 0 aliphatic heterocycles. The first-order valence-corrected chi connectivity index (χ1v) is 6.11. The molecule has 0 aliphatic carbocycles. The maximum atomic E-state index is 11.5. The first kappa shape index (κ1) is 13.5. The number of benzene rings is 1. The fourth-order valence-corrected chi connectivity index (χ4v) is 2.09. The number of ketones is 1. The number of hydrogen-bond acceptors (Lipinski definition) is 1. The fraction of sp³-hybridized carbons (Fsp3) is 0.462. The third kappa shape index (κ3) is 3.50. The molecule has 0 saturated carbocycles. The summed E-state index contributed by atoms with van der Waals surface area (Å²) < 4.78 is 0. The lowest BCUT2D eigenvalue weighted by molar-refractivity contribution is -0.121. The number of hydrogen-bond donors (Lipinski definition) is 0. The molecular formula is C13H16Cl2O. The summed E-state index contributed by atoms with van der Waals surface area (Å²) in [5.41, 5.74) is 1.06. The second-order valence-corrected chi connectivity index (χ2v) is 5.23. The van der Waals surface area contributed by atoms with Gasteiger partial charge in [0.2, 0.25) is 0 Å². The number of halogens is 2. The molecule has 0 saturated heterocycles. The van der Waals surface area contributed by atoms with Crippen molar-refractivity contribution < 1.29 is 4.79 Å². The highest BCUT2D eigenvalue weighted by molar-refractivity contribution is 6.42. The molecule has 3 heteroatoms. The predicted octanol–water partition coefficient (Wildman–Crippen LogP) is 4.40. The molecule has 0 spiro atoms. The third-order valence-electron chi connectivity index (χ3n) is 2.77. The van der Waals surface area contributed by atoms with Gasteiger partial charge in [0.25, 0.3) is 0 Å². The minimum Gasteiger partial charge on any atom is -0.300 e. The Morgan fingerprint density at radius 3 is 2.31 bits per heavy atom. The van der Waals surface area contributed by atoms with Gasteiger partial charge in [-0.3, -0.25) is 4.79 Å². The standard InChI is InChI=1S/C13H16Cl2O/c1-8(2)11(9(3)16)6-10-4-5-12(14)13(15)7-10/h4-5,7-8,11H,6H2,1-3H3. The minimum absolute atomic E-state index is 0.0530. The van der Waals surface area contributed by atoms with Gasteiger partial charge in [0.05, 0.1) is 10.0 Å². The molecule has 0 amide bonds. The Morgan fingerprint density at radius 2 is 1.88 bits per heavy atom. The second-order valence-electron chi connectivity index (χ2n) is 4.41. The van der Waals surface area contributed by atoms with Crippen molar-refractivity contribution in [2.75, 3.05) is 0 Å². The van der Waals surface area contributed by atoms with E-state index in [0.29, 0.717) is 16.0 Å². The molecule has 1 aromatic rings. The van der Waals surface area contributed by atoms with Gasteiger partial charge >= 0.3 is 0 Å². The average molecular weight is 259 g/mol. The number of carbonyl (C=O) groups is 1. The molecule has 88 valence electrons. The van der Waals surface area contributed by atoms with Gasteiger partial charge in [-0.05, 0) is 37.0 Å². The van der Waals surface area contributed by atoms with Gasteiger partial charge < -0.3 is 0 Å². The smallest absolute Gasteiger partial charge is 0.133 e. The molecule has 0 aliphatic rings. The highest BCUT2D eigenvalue weighted by Crippen LogP contribution is 2.25. The van der Waals surface area contributed by atoms with Crippen molar-refractivity contribution in [1.29, 1.82) is 0 Å². The van der Waals surface area contributed by atoms with Crippen LogP contribution in [0.2, 0.25) is 10.0 Å². The first-order valence-electron chi connectivity index (χ1n) is 5.36. The van der Waals surface area contributed by atoms with E-state index in [1.165, 1.54) is 0 Å². The van der Waals surface area contributed by atoms with Crippen molar-refractivity contribution in [2.24, 2.45) is 11.8 Å². The van der Waals surface area contributed by atoms with Crippen molar-refractivity contribution in [1.82, 2.24) is 0 Å². The van der Waals surface area contributed by atoms with Crippen molar-refractivity contribution in [3.05, 3.63) is 33.8 Å². The lowest BCUT2D eigenvalue weighted by Crippen LogP contribution is -2.20. The van der Waals surface area contributed by atoms with E-state index in [-0.39, 0.29) is 11.7 Å². The molecule has 0 aromatic heterocycles. The van der Waals surface area contributed by atoms with Crippen LogP contribution in [0.25, 0.3) is 0 Å². The molecule has 1 rings (SSSR count). The third-order valence-corrected chi connectivity index (χ3v) is 3.51. The summed E-state index contributed by atoms with van der Waals surface area (Å²) in [6, 6.07) is 5.53. The predicted molar refractivity (Wildman–Crippen MR) is 69.2 cm³/mol. The van der Waals surface area contributed by atoms with Crippen LogP contribution in [0.4, 0.5) is 0 Å². The van der Waals surface area contributed by atoms with Crippen molar-refractivity contribution >= 4 is 29.0 Å². The van der Waals surface area contributed by atoms with Crippen LogP contribution in [0.15, 0.2) is 18.2 Å². The van der Waals surface area contributed by atoms with E-state index < -0.39 is 0 Å². The molecule has 0 bridgehead atoms. The lowest BCUT2D eigenvalue weighted by atomic mass is 9.86. The summed E-state index contributed by atoms with van der Waals surface area (Å²) in [4.78, 5) is 11.5. The molecular weight excluding hydrogens is 243 g/mol. The summed E-state index contributed by atoms with van der Waals surface area (Å²) in [6.45, 7) is 5.76. The molecule has 0 heterocycles. The molecule has 1 aromatic carbocycles. The Labute approximate surface area is 107 Å². The topological polar surface area (TPSA) is 17.1 Å². The zero-order valence-corrected chi connectivity index (χ0v) is 11.3. The van der Waals surface area contributed by atoms with Gasteiger partial charge in [-0.25, -0.2) is 0 Å². The molecule has 1 atom stereocenters. The number of rotatable bonds is 4. The highest BCUT2D eigenvalue weighted by Gasteiger charge is 2.19. The SMILES string of the molecule is CC(=O)C(Cc1ccc(Cl)c(Cl)c1)C(C)C. The Kier molecular flexibility index (Phi) is 4.82. The van der Waals surface area contributed by atoms with Crippen LogP contribution in [0.3, 0.4) is 0 Å². The molecule has 1 unspecified atom stereocenters. The minimum atomic E-state index is 0.0530. The Morgan fingerprint density at radius 1 is 1.25 bits per heavy atom. The fourth-order valence-electron chi connectivity index (χ4n) is 1.77. The maximum absolute atomic E-state index is 11.5. The Hall–Kier alpha value is -0.530. The largest absolute Gasteiger partial charge is 0.300 e. The average Bonchev–Trinajstić information content (AvgIpc) is 2.18. The van der Waals surface area contributed by atoms with Gasteiger partial charge in [0, 0.05) is 5.92 Å². The number of carbonyl (C=O) groups excluding carboxylic acids is 1. The van der Waals surface area contributed by atoms with E-state index in [1.54, 1.807) is 13.0 Å². The summed E-state index contributed by atoms with van der Waals surface area (Å²) in [6.07, 6.45) is 0.726. The van der Waals surface area contributed by atoms with E-state index in [4.69, 9.17) is 23.2 Å². The maximum Gasteiger partial charge on any atom is 0.133 e. The first-order chi connectivity index (χ1) is 7.41. The lowest BCUT2D eigenvalue weighted by Gasteiger charge is -2.17. The summed E-state index contributed by atoms with van der Waals surface area (Å²) in [7, 11) is 0. The van der Waals surface area contributed by atoms with Gasteiger partial charge in [-0.15, -0.1) is 0 Å². The van der Waals surface area contributed by atoms with Crippen LogP contribution in [0.1, 0.15) is 26.3 Å². The van der Waals surface area contributed by atoms with Crippen LogP contribution >= 0.6 is 23.2 Å². The van der Waals surface area contributed by atoms with E-state index >= 15 is 0 Å². The van der Waals surface area contributed by atoms with Crippen molar-refractivity contribution in [3.63, 3.8) is 0 Å². The van der Waals surface area contributed by atoms with Gasteiger partial charge in [-0.2, -0.15) is 0 Å². The summed E-state index contributed by atoms with van der Waals surface area (Å²) in [5.74, 6) is 0.616. The van der Waals surface area contributed by atoms with Gasteiger partial charge in [-0.1, -0.05) is 43.1 Å². The van der Waals surface area contributed by atoms with Gasteiger partial charge in [0.1, 0.15) is 5.78 Å². The van der Waals surface area contributed by atoms with Crippen LogP contribution < -0.4 is 0 Å². The summed E-state index contributed by atoms with van der Waals surface area (Å²) in [5, 5.41) is 1.10. The molecule has 0 fully saturated rings. The number of Topliss-reactive ketones (excluding diaryl/α,β-unsaturated/α-hetero) is 1. The van der Waals surface area contributed by atoms with Crippen molar-refractivity contribution in [3.8, 4) is 0 Å².